The Balaban J connectivity index is 1.79. The summed E-state index contributed by atoms with van der Waals surface area (Å²) in [5.41, 5.74) is 0.973. The van der Waals surface area contributed by atoms with Gasteiger partial charge in [-0.15, -0.1) is 0 Å². The zero-order valence-electron chi connectivity index (χ0n) is 13.7. The Morgan fingerprint density at radius 2 is 1.91 bits per heavy atom. The maximum Gasteiger partial charge on any atom is 0.224 e. The highest BCUT2D eigenvalue weighted by Gasteiger charge is 2.22. The highest BCUT2D eigenvalue weighted by Crippen LogP contribution is 2.22. The van der Waals surface area contributed by atoms with Crippen molar-refractivity contribution in [1.29, 1.82) is 0 Å². The maximum absolute atomic E-state index is 12.1. The van der Waals surface area contributed by atoms with Gasteiger partial charge in [-0.05, 0) is 24.5 Å². The van der Waals surface area contributed by atoms with Crippen LogP contribution in [-0.4, -0.2) is 35.8 Å². The highest BCUT2D eigenvalue weighted by atomic mass is 79.9. The van der Waals surface area contributed by atoms with Crippen LogP contribution < -0.4 is 5.32 Å². The molecule has 0 radical (unpaired) electrons. The van der Waals surface area contributed by atoms with E-state index >= 15 is 0 Å². The molecule has 0 bridgehead atoms. The minimum atomic E-state index is -0.0101. The fourth-order valence-electron chi connectivity index (χ4n) is 3.18. The number of hydrogen-bond donors (Lipinski definition) is 1. The predicted molar refractivity (Wildman–Crippen MR) is 95.1 cm³/mol. The normalized spacial score (nSPS) is 15.2. The Bertz CT molecular complexity index is 542. The molecule has 1 aliphatic rings. The van der Waals surface area contributed by atoms with Crippen LogP contribution in [0.25, 0.3) is 0 Å². The lowest BCUT2D eigenvalue weighted by Gasteiger charge is -2.33. The zero-order chi connectivity index (χ0) is 16.7. The smallest absolute Gasteiger partial charge is 0.224 e. The van der Waals surface area contributed by atoms with Crippen LogP contribution in [0, 0.1) is 0 Å². The molecule has 1 fully saturated rings. The van der Waals surface area contributed by atoms with Gasteiger partial charge in [-0.25, -0.2) is 0 Å². The lowest BCUT2D eigenvalue weighted by atomic mass is 9.94. The molecule has 1 N–H and O–H groups in total. The molecule has 4 nitrogen and oxygen atoms in total. The average molecular weight is 381 g/mol. The van der Waals surface area contributed by atoms with Crippen molar-refractivity contribution in [1.82, 2.24) is 10.2 Å². The van der Waals surface area contributed by atoms with Crippen LogP contribution in [-0.2, 0) is 16.0 Å². The third-order valence-electron chi connectivity index (χ3n) is 4.40. The van der Waals surface area contributed by atoms with Crippen molar-refractivity contribution in [2.75, 3.05) is 13.1 Å². The van der Waals surface area contributed by atoms with E-state index in [4.69, 9.17) is 0 Å². The number of carbonyl (C=O) groups is 2. The van der Waals surface area contributed by atoms with E-state index in [1.807, 2.05) is 29.2 Å². The second-order valence-corrected chi connectivity index (χ2v) is 6.98. The summed E-state index contributed by atoms with van der Waals surface area (Å²) in [6.07, 6.45) is 6.19. The first-order chi connectivity index (χ1) is 11.1. The quantitative estimate of drug-likeness (QED) is 0.822. The third-order valence-corrected chi connectivity index (χ3v) is 5.18. The molecule has 1 aromatic rings. The number of rotatable bonds is 6. The van der Waals surface area contributed by atoms with Crippen molar-refractivity contribution in [3.05, 3.63) is 34.3 Å². The van der Waals surface area contributed by atoms with Crippen LogP contribution in [0.2, 0.25) is 0 Å². The van der Waals surface area contributed by atoms with Gasteiger partial charge in [0.2, 0.25) is 11.8 Å². The average Bonchev–Trinajstić information content (AvgIpc) is 2.54. The molecule has 1 aromatic carbocycles. The SMILES string of the molecule is CC(=O)N(CCNC(=O)Cc1ccccc1Br)C1CCCCC1. The number of amides is 2. The topological polar surface area (TPSA) is 49.4 Å². The second-order valence-electron chi connectivity index (χ2n) is 6.12. The van der Waals surface area contributed by atoms with Crippen LogP contribution in [0.1, 0.15) is 44.6 Å². The van der Waals surface area contributed by atoms with Gasteiger partial charge in [-0.1, -0.05) is 53.4 Å². The van der Waals surface area contributed by atoms with Gasteiger partial charge >= 0.3 is 0 Å². The van der Waals surface area contributed by atoms with E-state index in [1.54, 1.807) is 6.92 Å². The Hall–Kier alpha value is -1.36. The van der Waals surface area contributed by atoms with Gasteiger partial charge in [0.1, 0.15) is 0 Å². The molecule has 23 heavy (non-hydrogen) atoms. The molecular weight excluding hydrogens is 356 g/mol. The minimum absolute atomic E-state index is 0.0101. The van der Waals surface area contributed by atoms with Crippen molar-refractivity contribution in [2.24, 2.45) is 0 Å². The molecule has 2 rings (SSSR count). The van der Waals surface area contributed by atoms with E-state index < -0.39 is 0 Å². The Morgan fingerprint density at radius 1 is 1.22 bits per heavy atom. The van der Waals surface area contributed by atoms with Crippen LogP contribution >= 0.6 is 15.9 Å². The maximum atomic E-state index is 12.1. The summed E-state index contributed by atoms with van der Waals surface area (Å²) in [5.74, 6) is 0.0981. The predicted octanol–water partition coefficient (Wildman–Crippen LogP) is 3.29. The van der Waals surface area contributed by atoms with Gasteiger partial charge in [0.05, 0.1) is 6.42 Å². The summed E-state index contributed by atoms with van der Waals surface area (Å²) in [6, 6.07) is 8.08. The van der Waals surface area contributed by atoms with Gasteiger partial charge in [0.15, 0.2) is 0 Å². The fraction of sp³-hybridized carbons (Fsp3) is 0.556. The van der Waals surface area contributed by atoms with Crippen LogP contribution in [0.3, 0.4) is 0 Å². The molecule has 0 unspecified atom stereocenters. The molecule has 2 amide bonds. The molecule has 1 aliphatic carbocycles. The molecule has 0 saturated heterocycles. The standard InChI is InChI=1S/C18H25BrN2O2/c1-14(22)21(16-8-3-2-4-9-16)12-11-20-18(23)13-15-7-5-6-10-17(15)19/h5-7,10,16H,2-4,8-9,11-13H2,1H3,(H,20,23). The summed E-state index contributed by atoms with van der Waals surface area (Å²) < 4.78 is 0.947. The second kappa shape index (κ2) is 9.06. The van der Waals surface area contributed by atoms with Crippen molar-refractivity contribution in [2.45, 2.75) is 51.5 Å². The number of carbonyl (C=O) groups excluding carboxylic acids is 2. The summed E-state index contributed by atoms with van der Waals surface area (Å²) >= 11 is 3.45. The largest absolute Gasteiger partial charge is 0.354 e. The van der Waals surface area contributed by atoms with Crippen molar-refractivity contribution in [3.63, 3.8) is 0 Å². The first-order valence-corrected chi connectivity index (χ1v) is 9.14. The molecule has 0 aromatic heterocycles. The third kappa shape index (κ3) is 5.65. The zero-order valence-corrected chi connectivity index (χ0v) is 15.3. The summed E-state index contributed by atoms with van der Waals surface area (Å²) in [5, 5.41) is 2.93. The van der Waals surface area contributed by atoms with Crippen LogP contribution in [0.5, 0.6) is 0 Å². The molecular formula is C18H25BrN2O2. The van der Waals surface area contributed by atoms with E-state index in [1.165, 1.54) is 19.3 Å². The summed E-state index contributed by atoms with van der Waals surface area (Å²) in [4.78, 5) is 25.8. The van der Waals surface area contributed by atoms with Gasteiger partial charge in [0.25, 0.3) is 0 Å². The summed E-state index contributed by atoms with van der Waals surface area (Å²) in [6.45, 7) is 2.73. The molecule has 0 spiro atoms. The summed E-state index contributed by atoms with van der Waals surface area (Å²) in [7, 11) is 0. The first kappa shape index (κ1) is 18.0. The number of hydrogen-bond acceptors (Lipinski definition) is 2. The van der Waals surface area contributed by atoms with E-state index in [9.17, 15) is 9.59 Å². The van der Waals surface area contributed by atoms with E-state index in [-0.39, 0.29) is 11.8 Å². The Kier molecular flexibility index (Phi) is 7.09. The molecule has 126 valence electrons. The van der Waals surface area contributed by atoms with Crippen molar-refractivity contribution < 1.29 is 9.59 Å². The lowest BCUT2D eigenvalue weighted by molar-refractivity contribution is -0.132. The number of nitrogens with zero attached hydrogens (tertiary/aromatic N) is 1. The Morgan fingerprint density at radius 3 is 2.57 bits per heavy atom. The van der Waals surface area contributed by atoms with E-state index in [0.29, 0.717) is 25.6 Å². The highest BCUT2D eigenvalue weighted by molar-refractivity contribution is 9.10. The molecule has 0 atom stereocenters. The fourth-order valence-corrected chi connectivity index (χ4v) is 3.61. The number of benzene rings is 1. The van der Waals surface area contributed by atoms with Crippen LogP contribution in [0.15, 0.2) is 28.7 Å². The van der Waals surface area contributed by atoms with Crippen molar-refractivity contribution in [3.8, 4) is 0 Å². The van der Waals surface area contributed by atoms with Crippen LogP contribution in [0.4, 0.5) is 0 Å². The molecule has 1 saturated carbocycles. The van der Waals surface area contributed by atoms with Gasteiger partial charge < -0.3 is 10.2 Å². The minimum Gasteiger partial charge on any atom is -0.354 e. The number of nitrogens with one attached hydrogen (secondary N) is 1. The van der Waals surface area contributed by atoms with Gasteiger partial charge in [-0.2, -0.15) is 0 Å². The first-order valence-electron chi connectivity index (χ1n) is 8.35. The number of halogens is 1. The van der Waals surface area contributed by atoms with Crippen molar-refractivity contribution >= 4 is 27.7 Å². The van der Waals surface area contributed by atoms with Gasteiger partial charge in [-0.3, -0.25) is 9.59 Å². The van der Waals surface area contributed by atoms with Gasteiger partial charge in [0, 0.05) is 30.5 Å². The lowest BCUT2D eigenvalue weighted by Crippen LogP contribution is -2.44. The monoisotopic (exact) mass is 380 g/mol. The Labute approximate surface area is 146 Å². The van der Waals surface area contributed by atoms with E-state index in [0.717, 1.165) is 22.9 Å². The molecule has 0 heterocycles. The molecule has 0 aliphatic heterocycles. The van der Waals surface area contributed by atoms with E-state index in [2.05, 4.69) is 21.2 Å². The molecule has 5 heteroatoms.